The van der Waals surface area contributed by atoms with E-state index in [9.17, 15) is 18.5 Å². The van der Waals surface area contributed by atoms with E-state index < -0.39 is 15.0 Å². The summed E-state index contributed by atoms with van der Waals surface area (Å²) in [5, 5.41) is 10.8. The van der Waals surface area contributed by atoms with E-state index in [0.717, 1.165) is 5.56 Å². The van der Waals surface area contributed by atoms with Crippen LogP contribution in [0.15, 0.2) is 47.4 Å². The average Bonchev–Trinajstić information content (AvgIpc) is 2.41. The van der Waals surface area contributed by atoms with Gasteiger partial charge >= 0.3 is 10.1 Å². The van der Waals surface area contributed by atoms with Gasteiger partial charge < -0.3 is 4.18 Å². The molecule has 0 radical (unpaired) electrons. The second kappa shape index (κ2) is 5.53. The molecular formula is C14H13NO5S. The molecule has 2 rings (SSSR count). The Kier molecular flexibility index (Phi) is 3.95. The molecule has 6 nitrogen and oxygen atoms in total. The van der Waals surface area contributed by atoms with Crippen LogP contribution < -0.4 is 4.18 Å². The third kappa shape index (κ3) is 3.19. The van der Waals surface area contributed by atoms with Gasteiger partial charge in [-0.25, -0.2) is 0 Å². The molecule has 0 N–H and O–H groups in total. The number of nitrogens with zero attached hydrogens (tertiary/aromatic N) is 1. The van der Waals surface area contributed by atoms with Crippen molar-refractivity contribution in [3.05, 3.63) is 63.7 Å². The van der Waals surface area contributed by atoms with Crippen molar-refractivity contribution in [2.75, 3.05) is 0 Å². The number of nitro groups is 1. The second-order valence-corrected chi connectivity index (χ2v) is 6.05. The fraction of sp³-hybridized carbons (Fsp3) is 0.143. The van der Waals surface area contributed by atoms with Crippen molar-refractivity contribution in [3.8, 4) is 5.75 Å². The quantitative estimate of drug-likeness (QED) is 0.492. The van der Waals surface area contributed by atoms with Crippen LogP contribution in [-0.4, -0.2) is 13.3 Å². The second-order valence-electron chi connectivity index (χ2n) is 4.51. The van der Waals surface area contributed by atoms with E-state index in [4.69, 9.17) is 4.18 Å². The minimum atomic E-state index is -4.02. The van der Waals surface area contributed by atoms with Crippen LogP contribution in [0.1, 0.15) is 11.1 Å². The highest BCUT2D eigenvalue weighted by atomic mass is 32.2. The molecule has 0 bridgehead atoms. The van der Waals surface area contributed by atoms with Crippen LogP contribution in [0.3, 0.4) is 0 Å². The summed E-state index contributed by atoms with van der Waals surface area (Å²) < 4.78 is 29.3. The Hall–Kier alpha value is -2.41. The maximum absolute atomic E-state index is 12.2. The summed E-state index contributed by atoms with van der Waals surface area (Å²) >= 11 is 0. The Morgan fingerprint density at radius 2 is 1.67 bits per heavy atom. The highest BCUT2D eigenvalue weighted by Gasteiger charge is 2.21. The smallest absolute Gasteiger partial charge is 0.339 e. The summed E-state index contributed by atoms with van der Waals surface area (Å²) in [4.78, 5) is 10.3. The van der Waals surface area contributed by atoms with Crippen molar-refractivity contribution < 1.29 is 17.5 Å². The summed E-state index contributed by atoms with van der Waals surface area (Å²) in [5.74, 6) is -0.0511. The molecule has 0 aliphatic heterocycles. The van der Waals surface area contributed by atoms with E-state index in [1.54, 1.807) is 12.1 Å². The van der Waals surface area contributed by atoms with E-state index in [1.807, 2.05) is 6.92 Å². The molecule has 7 heteroatoms. The van der Waals surface area contributed by atoms with E-state index >= 15 is 0 Å². The molecule has 0 amide bonds. The number of benzene rings is 2. The molecule has 0 aliphatic carbocycles. The van der Waals surface area contributed by atoms with Gasteiger partial charge in [-0.05, 0) is 32.0 Å². The number of hydrogen-bond donors (Lipinski definition) is 0. The Balaban J connectivity index is 2.39. The normalized spacial score (nSPS) is 11.1. The van der Waals surface area contributed by atoms with Gasteiger partial charge in [-0.2, -0.15) is 8.42 Å². The van der Waals surface area contributed by atoms with Gasteiger partial charge in [0.25, 0.3) is 5.69 Å². The monoisotopic (exact) mass is 307 g/mol. The first-order valence-corrected chi connectivity index (χ1v) is 7.47. The van der Waals surface area contributed by atoms with Crippen molar-refractivity contribution in [2.24, 2.45) is 0 Å². The van der Waals surface area contributed by atoms with Crippen molar-refractivity contribution in [1.29, 1.82) is 0 Å². The summed E-state index contributed by atoms with van der Waals surface area (Å²) in [6, 6.07) is 10.2. The third-order valence-electron chi connectivity index (χ3n) is 2.96. The molecule has 21 heavy (non-hydrogen) atoms. The van der Waals surface area contributed by atoms with E-state index in [-0.39, 0.29) is 21.9 Å². The Morgan fingerprint density at radius 1 is 1.05 bits per heavy atom. The van der Waals surface area contributed by atoms with Crippen LogP contribution >= 0.6 is 0 Å². The number of hydrogen-bond acceptors (Lipinski definition) is 5. The molecule has 0 unspecified atom stereocenters. The van der Waals surface area contributed by atoms with E-state index in [0.29, 0.717) is 0 Å². The fourth-order valence-corrected chi connectivity index (χ4v) is 2.74. The zero-order chi connectivity index (χ0) is 15.6. The SMILES string of the molecule is Cc1ccc(S(=O)(=O)Oc2cccc([N+](=O)[O-])c2C)cc1. The van der Waals surface area contributed by atoms with Gasteiger partial charge in [0, 0.05) is 6.07 Å². The van der Waals surface area contributed by atoms with Gasteiger partial charge in [0.2, 0.25) is 0 Å². The van der Waals surface area contributed by atoms with Crippen LogP contribution in [0.25, 0.3) is 0 Å². The van der Waals surface area contributed by atoms with Gasteiger partial charge in [-0.3, -0.25) is 10.1 Å². The Bertz CT molecular complexity index is 782. The van der Waals surface area contributed by atoms with Crippen LogP contribution in [0.4, 0.5) is 5.69 Å². The topological polar surface area (TPSA) is 86.5 Å². The lowest BCUT2D eigenvalue weighted by atomic mass is 10.2. The molecule has 110 valence electrons. The van der Waals surface area contributed by atoms with Crippen LogP contribution in [0, 0.1) is 24.0 Å². The molecule has 0 heterocycles. The summed E-state index contributed by atoms with van der Waals surface area (Å²) in [6.45, 7) is 3.28. The maximum Gasteiger partial charge on any atom is 0.339 e. The van der Waals surface area contributed by atoms with Gasteiger partial charge in [0.1, 0.15) is 4.90 Å². The standard InChI is InChI=1S/C14H13NO5S/c1-10-6-8-12(9-7-10)21(18,19)20-14-5-3-4-13(11(14)2)15(16)17/h3-9H,1-2H3. The third-order valence-corrected chi connectivity index (χ3v) is 4.21. The first kappa shape index (κ1) is 15.0. The lowest BCUT2D eigenvalue weighted by molar-refractivity contribution is -0.385. The van der Waals surface area contributed by atoms with Crippen molar-refractivity contribution in [2.45, 2.75) is 18.7 Å². The molecule has 0 aliphatic rings. The number of rotatable bonds is 4. The molecule has 0 spiro atoms. The predicted octanol–water partition coefficient (Wildman–Crippen LogP) is 2.98. The Labute approximate surface area is 122 Å². The van der Waals surface area contributed by atoms with Crippen LogP contribution in [-0.2, 0) is 10.1 Å². The predicted molar refractivity (Wildman–Crippen MR) is 76.8 cm³/mol. The minimum absolute atomic E-state index is 0.000920. The minimum Gasteiger partial charge on any atom is -0.378 e. The molecule has 0 atom stereocenters. The van der Waals surface area contributed by atoms with Gasteiger partial charge in [0.15, 0.2) is 5.75 Å². The number of nitro benzene ring substituents is 1. The van der Waals surface area contributed by atoms with Gasteiger partial charge in [0.05, 0.1) is 10.5 Å². The van der Waals surface area contributed by atoms with Crippen LogP contribution in [0.2, 0.25) is 0 Å². The van der Waals surface area contributed by atoms with E-state index in [2.05, 4.69) is 0 Å². The molecule has 2 aromatic carbocycles. The lowest BCUT2D eigenvalue weighted by Gasteiger charge is -2.09. The van der Waals surface area contributed by atoms with Crippen molar-refractivity contribution in [1.82, 2.24) is 0 Å². The molecule has 0 saturated heterocycles. The highest BCUT2D eigenvalue weighted by molar-refractivity contribution is 7.87. The van der Waals surface area contributed by atoms with Crippen molar-refractivity contribution >= 4 is 15.8 Å². The van der Waals surface area contributed by atoms with E-state index in [1.165, 1.54) is 37.3 Å². The van der Waals surface area contributed by atoms with Crippen molar-refractivity contribution in [3.63, 3.8) is 0 Å². The summed E-state index contributed by atoms with van der Waals surface area (Å²) in [6.07, 6.45) is 0. The molecule has 0 fully saturated rings. The summed E-state index contributed by atoms with van der Waals surface area (Å²) in [5.41, 5.74) is 0.894. The zero-order valence-corrected chi connectivity index (χ0v) is 12.3. The maximum atomic E-state index is 12.2. The fourth-order valence-electron chi connectivity index (χ4n) is 1.76. The zero-order valence-electron chi connectivity index (χ0n) is 11.4. The Morgan fingerprint density at radius 3 is 2.24 bits per heavy atom. The molecule has 0 aromatic heterocycles. The average molecular weight is 307 g/mol. The molecular weight excluding hydrogens is 294 g/mol. The first-order chi connectivity index (χ1) is 9.81. The highest BCUT2D eigenvalue weighted by Crippen LogP contribution is 2.29. The largest absolute Gasteiger partial charge is 0.378 e. The van der Waals surface area contributed by atoms with Gasteiger partial charge in [-0.15, -0.1) is 0 Å². The van der Waals surface area contributed by atoms with Crippen LogP contribution in [0.5, 0.6) is 5.75 Å². The molecule has 0 saturated carbocycles. The first-order valence-electron chi connectivity index (χ1n) is 6.06. The number of aryl methyl sites for hydroxylation is 1. The van der Waals surface area contributed by atoms with Gasteiger partial charge in [-0.1, -0.05) is 23.8 Å². The summed E-state index contributed by atoms with van der Waals surface area (Å²) in [7, 11) is -4.02. The molecule has 2 aromatic rings. The lowest BCUT2D eigenvalue weighted by Crippen LogP contribution is -2.11.